The largest absolute Gasteiger partial charge is 0.319 e. The van der Waals surface area contributed by atoms with Crippen LogP contribution < -0.4 is 5.73 Å². The molecule has 4 fully saturated rings. The van der Waals surface area contributed by atoms with Crippen molar-refractivity contribution in [1.82, 2.24) is 14.8 Å². The molecule has 4 heteroatoms. The van der Waals surface area contributed by atoms with Gasteiger partial charge in [-0.25, -0.2) is 9.67 Å². The van der Waals surface area contributed by atoms with E-state index in [0.717, 1.165) is 30.1 Å². The van der Waals surface area contributed by atoms with Gasteiger partial charge in [-0.2, -0.15) is 5.10 Å². The minimum atomic E-state index is -0.338. The molecular weight excluding hydrogens is 248 g/mol. The van der Waals surface area contributed by atoms with E-state index in [-0.39, 0.29) is 11.0 Å². The highest BCUT2D eigenvalue weighted by Gasteiger charge is 2.59. The molecule has 2 N–H and O–H groups in total. The Balaban J connectivity index is 1.75. The fourth-order valence-corrected chi connectivity index (χ4v) is 5.88. The zero-order chi connectivity index (χ0) is 14.0. The van der Waals surface area contributed by atoms with Gasteiger partial charge in [0.1, 0.15) is 12.2 Å². The molecule has 1 aromatic heterocycles. The first-order valence-corrected chi connectivity index (χ1v) is 8.21. The van der Waals surface area contributed by atoms with Gasteiger partial charge < -0.3 is 5.73 Å². The van der Waals surface area contributed by atoms with Gasteiger partial charge in [-0.3, -0.25) is 0 Å². The molecule has 0 spiro atoms. The van der Waals surface area contributed by atoms with Crippen molar-refractivity contribution < 1.29 is 0 Å². The van der Waals surface area contributed by atoms with Crippen molar-refractivity contribution >= 4 is 0 Å². The smallest absolute Gasteiger partial charge is 0.147 e. The molecule has 4 nitrogen and oxygen atoms in total. The molecule has 4 saturated carbocycles. The SMILES string of the molecule is CCn1ncnc1C(C)(N)C12CC3CC(CC(C3)C1)C2. The molecule has 1 atom stereocenters. The second-order valence-corrected chi connectivity index (χ2v) is 7.80. The lowest BCUT2D eigenvalue weighted by molar-refractivity contribution is -0.0984. The number of rotatable bonds is 3. The summed E-state index contributed by atoms with van der Waals surface area (Å²) in [5, 5.41) is 4.35. The van der Waals surface area contributed by atoms with Crippen LogP contribution in [0.1, 0.15) is 58.2 Å². The van der Waals surface area contributed by atoms with Gasteiger partial charge in [0, 0.05) is 6.54 Å². The first kappa shape index (κ1) is 12.8. The lowest BCUT2D eigenvalue weighted by atomic mass is 9.45. The monoisotopic (exact) mass is 274 g/mol. The molecule has 110 valence electrons. The lowest BCUT2D eigenvalue weighted by Crippen LogP contribution is -2.60. The summed E-state index contributed by atoms with van der Waals surface area (Å²) in [6, 6.07) is 0. The van der Waals surface area contributed by atoms with E-state index in [1.807, 2.05) is 4.68 Å². The van der Waals surface area contributed by atoms with Gasteiger partial charge in [0.05, 0.1) is 5.54 Å². The Kier molecular flexibility index (Phi) is 2.60. The van der Waals surface area contributed by atoms with Crippen molar-refractivity contribution in [2.75, 3.05) is 0 Å². The zero-order valence-corrected chi connectivity index (χ0v) is 12.7. The van der Waals surface area contributed by atoms with E-state index in [2.05, 4.69) is 23.9 Å². The van der Waals surface area contributed by atoms with Gasteiger partial charge in [-0.15, -0.1) is 0 Å². The Labute approximate surface area is 121 Å². The second-order valence-electron chi connectivity index (χ2n) is 7.80. The molecule has 0 amide bonds. The summed E-state index contributed by atoms with van der Waals surface area (Å²) in [6.07, 6.45) is 9.96. The van der Waals surface area contributed by atoms with Crippen LogP contribution in [0.15, 0.2) is 6.33 Å². The summed E-state index contributed by atoms with van der Waals surface area (Å²) in [5.74, 6) is 3.76. The van der Waals surface area contributed by atoms with E-state index in [4.69, 9.17) is 5.73 Å². The molecule has 0 saturated heterocycles. The third-order valence-corrected chi connectivity index (χ3v) is 6.52. The average Bonchev–Trinajstić information content (AvgIpc) is 2.85. The molecule has 1 heterocycles. The Bertz CT molecular complexity index is 481. The highest BCUT2D eigenvalue weighted by Crippen LogP contribution is 2.64. The Morgan fingerprint density at radius 3 is 2.30 bits per heavy atom. The van der Waals surface area contributed by atoms with E-state index >= 15 is 0 Å². The fraction of sp³-hybridized carbons (Fsp3) is 0.875. The number of nitrogens with two attached hydrogens (primary N) is 1. The molecule has 0 aliphatic heterocycles. The van der Waals surface area contributed by atoms with Crippen molar-refractivity contribution in [1.29, 1.82) is 0 Å². The number of nitrogens with zero attached hydrogens (tertiary/aromatic N) is 3. The third kappa shape index (κ3) is 1.57. The zero-order valence-electron chi connectivity index (χ0n) is 12.7. The topological polar surface area (TPSA) is 56.7 Å². The molecule has 1 aromatic rings. The van der Waals surface area contributed by atoms with Gasteiger partial charge in [0.2, 0.25) is 0 Å². The second kappa shape index (κ2) is 4.06. The minimum Gasteiger partial charge on any atom is -0.319 e. The average molecular weight is 274 g/mol. The summed E-state index contributed by atoms with van der Waals surface area (Å²) in [6.45, 7) is 5.19. The van der Waals surface area contributed by atoms with Crippen LogP contribution >= 0.6 is 0 Å². The Morgan fingerprint density at radius 1 is 1.25 bits per heavy atom. The predicted molar refractivity (Wildman–Crippen MR) is 77.8 cm³/mol. The van der Waals surface area contributed by atoms with Gasteiger partial charge in [0.25, 0.3) is 0 Å². The molecule has 4 bridgehead atoms. The highest BCUT2D eigenvalue weighted by molar-refractivity contribution is 5.17. The van der Waals surface area contributed by atoms with Crippen LogP contribution in [0, 0.1) is 23.2 Å². The molecule has 4 aliphatic carbocycles. The van der Waals surface area contributed by atoms with Gasteiger partial charge >= 0.3 is 0 Å². The summed E-state index contributed by atoms with van der Waals surface area (Å²) in [4.78, 5) is 4.54. The van der Waals surface area contributed by atoms with Crippen molar-refractivity contribution in [3.05, 3.63) is 12.2 Å². The predicted octanol–water partition coefficient (Wildman–Crippen LogP) is 2.69. The molecular formula is C16H26N4. The number of hydrogen-bond acceptors (Lipinski definition) is 3. The van der Waals surface area contributed by atoms with E-state index in [9.17, 15) is 0 Å². The van der Waals surface area contributed by atoms with Crippen molar-refractivity contribution in [2.45, 2.75) is 64.5 Å². The van der Waals surface area contributed by atoms with Crippen LogP contribution in [0.4, 0.5) is 0 Å². The van der Waals surface area contributed by atoms with Crippen molar-refractivity contribution in [3.8, 4) is 0 Å². The van der Waals surface area contributed by atoms with E-state index < -0.39 is 0 Å². The van der Waals surface area contributed by atoms with E-state index in [1.54, 1.807) is 6.33 Å². The number of hydrogen-bond donors (Lipinski definition) is 1. The Morgan fingerprint density at radius 2 is 1.80 bits per heavy atom. The van der Waals surface area contributed by atoms with Crippen LogP contribution in [0.3, 0.4) is 0 Å². The van der Waals surface area contributed by atoms with Crippen LogP contribution in [0.2, 0.25) is 0 Å². The lowest BCUT2D eigenvalue weighted by Gasteiger charge is -2.61. The molecule has 5 rings (SSSR count). The normalized spacial score (nSPS) is 41.9. The summed E-state index contributed by atoms with van der Waals surface area (Å²) < 4.78 is 2.00. The van der Waals surface area contributed by atoms with Gasteiger partial charge in [-0.05, 0) is 75.5 Å². The number of aromatic nitrogens is 3. The quantitative estimate of drug-likeness (QED) is 0.922. The summed E-state index contributed by atoms with van der Waals surface area (Å²) in [5.41, 5.74) is 6.86. The molecule has 1 unspecified atom stereocenters. The standard InChI is InChI=1S/C16H26N4/c1-3-20-14(18-10-19-20)15(2,17)16-7-11-4-12(8-16)6-13(5-11)9-16/h10-13H,3-9,17H2,1-2H3. The van der Waals surface area contributed by atoms with Crippen LogP contribution in [0.25, 0.3) is 0 Å². The molecule has 0 radical (unpaired) electrons. The highest BCUT2D eigenvalue weighted by atomic mass is 15.3. The fourth-order valence-electron chi connectivity index (χ4n) is 5.88. The van der Waals surface area contributed by atoms with Crippen LogP contribution in [-0.2, 0) is 12.1 Å². The van der Waals surface area contributed by atoms with Crippen molar-refractivity contribution in [2.24, 2.45) is 28.9 Å². The van der Waals surface area contributed by atoms with Crippen molar-refractivity contribution in [3.63, 3.8) is 0 Å². The third-order valence-electron chi connectivity index (χ3n) is 6.52. The maximum absolute atomic E-state index is 6.93. The summed E-state index contributed by atoms with van der Waals surface area (Å²) in [7, 11) is 0. The van der Waals surface area contributed by atoms with Gasteiger partial charge in [0.15, 0.2) is 0 Å². The van der Waals surface area contributed by atoms with E-state index in [1.165, 1.54) is 38.5 Å². The first-order chi connectivity index (χ1) is 9.54. The Hall–Kier alpha value is -0.900. The molecule has 0 aromatic carbocycles. The van der Waals surface area contributed by atoms with Crippen LogP contribution in [0.5, 0.6) is 0 Å². The minimum absolute atomic E-state index is 0.266. The number of aryl methyl sites for hydroxylation is 1. The van der Waals surface area contributed by atoms with E-state index in [0.29, 0.717) is 0 Å². The maximum Gasteiger partial charge on any atom is 0.147 e. The maximum atomic E-state index is 6.93. The molecule has 4 aliphatic rings. The summed E-state index contributed by atoms with van der Waals surface area (Å²) >= 11 is 0. The molecule has 20 heavy (non-hydrogen) atoms. The first-order valence-electron chi connectivity index (χ1n) is 8.21. The van der Waals surface area contributed by atoms with Crippen LogP contribution in [-0.4, -0.2) is 14.8 Å². The van der Waals surface area contributed by atoms with Gasteiger partial charge in [-0.1, -0.05) is 0 Å².